The number of aryl methyl sites for hydroxylation is 1. The van der Waals surface area contributed by atoms with E-state index in [1.807, 2.05) is 0 Å². The molecule has 0 spiro atoms. The first-order valence-electron chi connectivity index (χ1n) is 8.80. The van der Waals surface area contributed by atoms with Crippen LogP contribution in [0.3, 0.4) is 0 Å². The summed E-state index contributed by atoms with van der Waals surface area (Å²) < 4.78 is 9.96. The average molecular weight is 422 g/mol. The highest BCUT2D eigenvalue weighted by Gasteiger charge is 2.23. The Morgan fingerprint density at radius 1 is 1.17 bits per heavy atom. The van der Waals surface area contributed by atoms with E-state index in [-0.39, 0.29) is 24.8 Å². The SMILES string of the molecule is COC(=O)c1c(C)[nH]c(C(=O)CN(C)CC(=O)Nc2cc(Cl)ccc2OC)c1C. The largest absolute Gasteiger partial charge is 0.495 e. The molecular weight excluding hydrogens is 398 g/mol. The average Bonchev–Trinajstić information content (AvgIpc) is 2.95. The first-order chi connectivity index (χ1) is 13.7. The van der Waals surface area contributed by atoms with Crippen molar-refractivity contribution in [3.05, 3.63) is 45.7 Å². The van der Waals surface area contributed by atoms with Crippen LogP contribution in [0.2, 0.25) is 5.02 Å². The molecule has 2 aromatic rings. The molecule has 0 aliphatic rings. The van der Waals surface area contributed by atoms with Crippen LogP contribution in [0.4, 0.5) is 5.69 Å². The first kappa shape index (κ1) is 22.4. The van der Waals surface area contributed by atoms with Crippen molar-refractivity contribution >= 4 is 34.9 Å². The van der Waals surface area contributed by atoms with Gasteiger partial charge >= 0.3 is 5.97 Å². The molecule has 2 rings (SSSR count). The zero-order valence-electron chi connectivity index (χ0n) is 17.0. The second-order valence-electron chi connectivity index (χ2n) is 6.60. The van der Waals surface area contributed by atoms with Crippen molar-refractivity contribution in [1.29, 1.82) is 0 Å². The van der Waals surface area contributed by atoms with Crippen LogP contribution in [0.15, 0.2) is 18.2 Å². The number of likely N-dealkylation sites (N-methyl/N-ethyl adjacent to an activating group) is 1. The Labute approximate surface area is 174 Å². The molecule has 0 saturated heterocycles. The molecule has 8 nitrogen and oxygen atoms in total. The predicted octanol–water partition coefficient (Wildman–Crippen LogP) is 2.83. The van der Waals surface area contributed by atoms with Gasteiger partial charge in [0, 0.05) is 10.7 Å². The molecular formula is C20H24ClN3O5. The molecule has 1 heterocycles. The van der Waals surface area contributed by atoms with Crippen LogP contribution in [0.5, 0.6) is 5.75 Å². The number of benzene rings is 1. The smallest absolute Gasteiger partial charge is 0.339 e. The van der Waals surface area contributed by atoms with Gasteiger partial charge in [0.25, 0.3) is 0 Å². The number of methoxy groups -OCH3 is 2. The fourth-order valence-corrected chi connectivity index (χ4v) is 3.20. The Balaban J connectivity index is 2.03. The molecule has 0 radical (unpaired) electrons. The fourth-order valence-electron chi connectivity index (χ4n) is 3.03. The number of Topliss-reactive ketones (excluding diaryl/α,β-unsaturated/α-hetero) is 1. The number of aromatic amines is 1. The third kappa shape index (κ3) is 5.36. The van der Waals surface area contributed by atoms with E-state index in [1.165, 1.54) is 14.2 Å². The number of halogens is 1. The maximum absolute atomic E-state index is 12.6. The topological polar surface area (TPSA) is 101 Å². The Morgan fingerprint density at radius 2 is 1.86 bits per heavy atom. The lowest BCUT2D eigenvalue weighted by Crippen LogP contribution is -2.34. The van der Waals surface area contributed by atoms with Gasteiger partial charge in [-0.25, -0.2) is 4.79 Å². The summed E-state index contributed by atoms with van der Waals surface area (Å²) in [6.07, 6.45) is 0. The highest BCUT2D eigenvalue weighted by Crippen LogP contribution is 2.27. The van der Waals surface area contributed by atoms with Gasteiger partial charge in [0.15, 0.2) is 5.78 Å². The van der Waals surface area contributed by atoms with Crippen molar-refractivity contribution in [2.24, 2.45) is 0 Å². The normalized spacial score (nSPS) is 10.7. The number of nitrogens with one attached hydrogen (secondary N) is 2. The van der Waals surface area contributed by atoms with Crippen LogP contribution >= 0.6 is 11.6 Å². The molecule has 0 saturated carbocycles. The van der Waals surface area contributed by atoms with Gasteiger partial charge in [-0.3, -0.25) is 14.5 Å². The second-order valence-corrected chi connectivity index (χ2v) is 7.04. The van der Waals surface area contributed by atoms with Gasteiger partial charge in [-0.2, -0.15) is 0 Å². The molecule has 0 bridgehead atoms. The van der Waals surface area contributed by atoms with Crippen LogP contribution in [0.25, 0.3) is 0 Å². The van der Waals surface area contributed by atoms with Gasteiger partial charge < -0.3 is 19.8 Å². The van der Waals surface area contributed by atoms with Crippen molar-refractivity contribution in [1.82, 2.24) is 9.88 Å². The lowest BCUT2D eigenvalue weighted by Gasteiger charge is -2.16. The van der Waals surface area contributed by atoms with Crippen molar-refractivity contribution in [2.45, 2.75) is 13.8 Å². The van der Waals surface area contributed by atoms with Gasteiger partial charge in [-0.05, 0) is 44.7 Å². The van der Waals surface area contributed by atoms with Crippen LogP contribution < -0.4 is 10.1 Å². The third-order valence-electron chi connectivity index (χ3n) is 4.37. The van der Waals surface area contributed by atoms with Crippen molar-refractivity contribution in [2.75, 3.05) is 39.7 Å². The summed E-state index contributed by atoms with van der Waals surface area (Å²) in [6.45, 7) is 3.35. The van der Waals surface area contributed by atoms with E-state index in [0.29, 0.717) is 39.0 Å². The molecule has 29 heavy (non-hydrogen) atoms. The van der Waals surface area contributed by atoms with Gasteiger partial charge in [0.1, 0.15) is 5.75 Å². The number of nitrogens with zero attached hydrogens (tertiary/aromatic N) is 1. The molecule has 1 aromatic carbocycles. The Bertz CT molecular complexity index is 938. The van der Waals surface area contributed by atoms with E-state index in [9.17, 15) is 14.4 Å². The van der Waals surface area contributed by atoms with Crippen molar-refractivity contribution in [3.63, 3.8) is 0 Å². The number of rotatable bonds is 8. The summed E-state index contributed by atoms with van der Waals surface area (Å²) in [5.41, 5.74) is 2.21. The Hall–Kier alpha value is -2.84. The second kappa shape index (κ2) is 9.58. The number of carbonyl (C=O) groups excluding carboxylic acids is 3. The number of ether oxygens (including phenoxy) is 2. The summed E-state index contributed by atoms with van der Waals surface area (Å²) in [6, 6.07) is 4.90. The van der Waals surface area contributed by atoms with Crippen LogP contribution in [-0.2, 0) is 9.53 Å². The number of ketones is 1. The van der Waals surface area contributed by atoms with Gasteiger partial charge in [0.2, 0.25) is 5.91 Å². The molecule has 156 valence electrons. The third-order valence-corrected chi connectivity index (χ3v) is 4.60. The molecule has 0 atom stereocenters. The number of esters is 1. The molecule has 0 unspecified atom stereocenters. The number of hydrogen-bond acceptors (Lipinski definition) is 6. The van der Waals surface area contributed by atoms with E-state index < -0.39 is 5.97 Å². The molecule has 0 aliphatic carbocycles. The Morgan fingerprint density at radius 3 is 2.48 bits per heavy atom. The van der Waals surface area contributed by atoms with Gasteiger partial charge in [-0.1, -0.05) is 11.6 Å². The molecule has 9 heteroatoms. The highest BCUT2D eigenvalue weighted by atomic mass is 35.5. The van der Waals surface area contributed by atoms with E-state index in [1.54, 1.807) is 44.0 Å². The van der Waals surface area contributed by atoms with Crippen LogP contribution in [0.1, 0.15) is 32.1 Å². The number of anilines is 1. The number of hydrogen-bond donors (Lipinski definition) is 2. The maximum atomic E-state index is 12.6. The summed E-state index contributed by atoms with van der Waals surface area (Å²) in [5.74, 6) is -0.584. The van der Waals surface area contributed by atoms with Crippen molar-refractivity contribution < 1.29 is 23.9 Å². The molecule has 1 amide bonds. The molecule has 0 fully saturated rings. The number of amides is 1. The molecule has 1 aromatic heterocycles. The summed E-state index contributed by atoms with van der Waals surface area (Å²) >= 11 is 5.96. The lowest BCUT2D eigenvalue weighted by molar-refractivity contribution is -0.116. The van der Waals surface area contributed by atoms with E-state index >= 15 is 0 Å². The highest BCUT2D eigenvalue weighted by molar-refractivity contribution is 6.31. The summed E-state index contributed by atoms with van der Waals surface area (Å²) in [5, 5.41) is 3.18. The van der Waals surface area contributed by atoms with E-state index in [4.69, 9.17) is 21.1 Å². The zero-order chi connectivity index (χ0) is 21.7. The minimum absolute atomic E-state index is 0.0124. The van der Waals surface area contributed by atoms with Crippen molar-refractivity contribution in [3.8, 4) is 5.75 Å². The monoisotopic (exact) mass is 421 g/mol. The predicted molar refractivity (Wildman–Crippen MR) is 110 cm³/mol. The number of aromatic nitrogens is 1. The summed E-state index contributed by atoms with van der Waals surface area (Å²) in [4.78, 5) is 41.4. The Kier molecular flexibility index (Phi) is 7.41. The van der Waals surface area contributed by atoms with Crippen LogP contribution in [0, 0.1) is 13.8 Å². The zero-order valence-corrected chi connectivity index (χ0v) is 17.8. The number of H-pyrrole nitrogens is 1. The standard InChI is InChI=1S/C20H24ClN3O5/c1-11-18(20(27)29-5)12(2)22-19(11)15(25)9-24(3)10-17(26)23-14-8-13(21)6-7-16(14)28-4/h6-8,22H,9-10H2,1-5H3,(H,23,26). The summed E-state index contributed by atoms with van der Waals surface area (Å²) in [7, 11) is 4.43. The lowest BCUT2D eigenvalue weighted by atomic mass is 10.1. The van der Waals surface area contributed by atoms with Gasteiger partial charge in [-0.15, -0.1) is 0 Å². The molecule has 0 aliphatic heterocycles. The fraction of sp³-hybridized carbons (Fsp3) is 0.350. The van der Waals surface area contributed by atoms with Crippen LogP contribution in [-0.4, -0.2) is 61.9 Å². The number of carbonyl (C=O) groups is 3. The quantitative estimate of drug-likeness (QED) is 0.502. The van der Waals surface area contributed by atoms with Gasteiger partial charge in [0.05, 0.1) is 44.3 Å². The van der Waals surface area contributed by atoms with E-state index in [0.717, 1.165) is 0 Å². The molecule has 2 N–H and O–H groups in total. The van der Waals surface area contributed by atoms with E-state index in [2.05, 4.69) is 10.3 Å². The first-order valence-corrected chi connectivity index (χ1v) is 9.18. The minimum Gasteiger partial charge on any atom is -0.495 e. The maximum Gasteiger partial charge on any atom is 0.339 e. The minimum atomic E-state index is -0.501.